The molecule has 19 heavy (non-hydrogen) atoms. The Morgan fingerprint density at radius 3 is 3.05 bits per heavy atom. The van der Waals surface area contributed by atoms with Crippen molar-refractivity contribution in [2.24, 2.45) is 0 Å². The van der Waals surface area contributed by atoms with E-state index < -0.39 is 6.97 Å². The van der Waals surface area contributed by atoms with Crippen molar-refractivity contribution in [2.45, 2.75) is 0 Å². The van der Waals surface area contributed by atoms with Gasteiger partial charge in [-0.3, -0.25) is 0 Å². The highest BCUT2D eigenvalue weighted by Crippen LogP contribution is 2.37. The molecule has 4 heterocycles. The fourth-order valence-electron chi connectivity index (χ4n) is 2.61. The van der Waals surface area contributed by atoms with Gasteiger partial charge in [0, 0.05) is 17.8 Å². The molecule has 2 aromatic rings. The topological polar surface area (TPSA) is 34.0 Å². The van der Waals surface area contributed by atoms with Gasteiger partial charge in [-0.2, -0.15) is 0 Å². The smallest absolute Gasteiger partial charge is 0.443 e. The number of rotatable bonds is 1. The number of hydrogen-bond acceptors (Lipinski definition) is 2. The SMILES string of the molecule is F[B-]1(F)n2cccc2C(c2cnco2)=C2C=CC=[N+]21. The lowest BCUT2D eigenvalue weighted by molar-refractivity contribution is -0.356. The van der Waals surface area contributed by atoms with Gasteiger partial charge in [-0.1, -0.05) is 0 Å². The molecule has 0 fully saturated rings. The molecule has 0 unspecified atom stereocenters. The first-order valence-electron chi connectivity index (χ1n) is 5.82. The molecule has 2 aliphatic rings. The summed E-state index contributed by atoms with van der Waals surface area (Å²) in [6, 6.07) is 3.26. The molecule has 4 rings (SSSR count). The van der Waals surface area contributed by atoms with Crippen LogP contribution in [0.1, 0.15) is 11.5 Å². The van der Waals surface area contributed by atoms with Gasteiger partial charge in [0.05, 0.1) is 6.20 Å². The van der Waals surface area contributed by atoms with E-state index in [-0.39, 0.29) is 0 Å². The molecule has 0 amide bonds. The molecule has 4 nitrogen and oxygen atoms in total. The van der Waals surface area contributed by atoms with Crippen LogP contribution in [0.4, 0.5) is 8.63 Å². The third-order valence-corrected chi connectivity index (χ3v) is 3.42. The van der Waals surface area contributed by atoms with E-state index >= 15 is 0 Å². The van der Waals surface area contributed by atoms with Gasteiger partial charge in [-0.15, -0.1) is 0 Å². The Balaban J connectivity index is 2.09. The second kappa shape index (κ2) is 3.31. The lowest BCUT2D eigenvalue weighted by Crippen LogP contribution is -2.49. The first kappa shape index (κ1) is 10.5. The van der Waals surface area contributed by atoms with E-state index in [1.807, 2.05) is 0 Å². The quantitative estimate of drug-likeness (QED) is 0.735. The largest absolute Gasteiger partial charge is 0.737 e. The normalized spacial score (nSPS) is 19.4. The molecule has 2 aromatic heterocycles. The number of oxazole rings is 1. The molecular formula is C12H8BF2N3O. The average Bonchev–Trinajstić information content (AvgIpc) is 3.11. The van der Waals surface area contributed by atoms with Crippen molar-refractivity contribution in [1.29, 1.82) is 0 Å². The van der Waals surface area contributed by atoms with Gasteiger partial charge in [-0.05, 0) is 18.3 Å². The molecule has 0 spiro atoms. The fourth-order valence-corrected chi connectivity index (χ4v) is 2.61. The van der Waals surface area contributed by atoms with Gasteiger partial charge in [0.25, 0.3) is 0 Å². The minimum absolute atomic E-state index is 0.438. The third-order valence-electron chi connectivity index (χ3n) is 3.42. The number of halogens is 2. The Labute approximate surface area is 107 Å². The van der Waals surface area contributed by atoms with Gasteiger partial charge in [0.2, 0.25) is 0 Å². The van der Waals surface area contributed by atoms with E-state index in [4.69, 9.17) is 4.42 Å². The second-order valence-electron chi connectivity index (χ2n) is 4.43. The van der Waals surface area contributed by atoms with E-state index in [9.17, 15) is 8.63 Å². The van der Waals surface area contributed by atoms with Crippen molar-refractivity contribution >= 4 is 18.8 Å². The zero-order valence-electron chi connectivity index (χ0n) is 9.70. The van der Waals surface area contributed by atoms with Crippen molar-refractivity contribution in [1.82, 2.24) is 9.46 Å². The summed E-state index contributed by atoms with van der Waals surface area (Å²) >= 11 is 0. The summed E-state index contributed by atoms with van der Waals surface area (Å²) in [4.78, 5) is 3.86. The predicted octanol–water partition coefficient (Wildman–Crippen LogP) is 2.12. The fraction of sp³-hybridized carbons (Fsp3) is 0. The van der Waals surface area contributed by atoms with Gasteiger partial charge < -0.3 is 22.0 Å². The number of nitrogens with zero attached hydrogens (tertiary/aromatic N) is 3. The highest BCUT2D eigenvalue weighted by atomic mass is 19.2. The van der Waals surface area contributed by atoms with Crippen LogP contribution < -0.4 is 0 Å². The van der Waals surface area contributed by atoms with Crippen LogP contribution in [-0.2, 0) is 0 Å². The molecule has 94 valence electrons. The van der Waals surface area contributed by atoms with Crippen molar-refractivity contribution in [2.75, 3.05) is 0 Å². The minimum atomic E-state index is -3.85. The molecule has 0 saturated heterocycles. The predicted molar refractivity (Wildman–Crippen MR) is 65.8 cm³/mol. The van der Waals surface area contributed by atoms with E-state index in [0.717, 1.165) is 8.96 Å². The molecule has 0 radical (unpaired) electrons. The number of aromatic nitrogens is 2. The van der Waals surface area contributed by atoms with Crippen molar-refractivity contribution < 1.29 is 17.5 Å². The molecule has 0 saturated carbocycles. The molecule has 0 bridgehead atoms. The minimum Gasteiger partial charge on any atom is -0.443 e. The summed E-state index contributed by atoms with van der Waals surface area (Å²) in [5.74, 6) is 0.478. The maximum absolute atomic E-state index is 14.4. The Morgan fingerprint density at radius 2 is 2.26 bits per heavy atom. The summed E-state index contributed by atoms with van der Waals surface area (Å²) < 4.78 is 36.1. The van der Waals surface area contributed by atoms with Gasteiger partial charge in [0.1, 0.15) is 11.8 Å². The summed E-state index contributed by atoms with van der Waals surface area (Å²) in [7, 11) is 0. The Morgan fingerprint density at radius 1 is 1.37 bits per heavy atom. The second-order valence-corrected chi connectivity index (χ2v) is 4.43. The Hall–Kier alpha value is -2.44. The summed E-state index contributed by atoms with van der Waals surface area (Å²) in [6.45, 7) is -3.85. The standard InChI is InChI=1S/C12H8BF2N3O/c14-13(15)17-5-1-3-9(17)12(11-7-16-8-19-11)10-4-2-6-18(10)13/h1-8H. The van der Waals surface area contributed by atoms with E-state index in [0.29, 0.717) is 22.7 Å². The summed E-state index contributed by atoms with van der Waals surface area (Å²) in [5.41, 5.74) is 1.50. The monoisotopic (exact) mass is 259 g/mol. The van der Waals surface area contributed by atoms with Crippen LogP contribution in [0.3, 0.4) is 0 Å². The van der Waals surface area contributed by atoms with Crippen molar-refractivity contribution in [3.8, 4) is 0 Å². The zero-order chi connectivity index (χ0) is 13.0. The Bertz CT molecular complexity index is 756. The average molecular weight is 259 g/mol. The number of hydrogen-bond donors (Lipinski definition) is 0. The molecule has 0 atom stereocenters. The number of fused-ring (bicyclic) bond motifs is 2. The van der Waals surface area contributed by atoms with E-state index in [2.05, 4.69) is 4.98 Å². The number of allylic oxidation sites excluding steroid dienone is 2. The summed E-state index contributed by atoms with van der Waals surface area (Å²) in [6.07, 6.45) is 8.85. The van der Waals surface area contributed by atoms with E-state index in [1.165, 1.54) is 25.0 Å². The van der Waals surface area contributed by atoms with Crippen LogP contribution in [0.25, 0.3) is 5.57 Å². The van der Waals surface area contributed by atoms with Gasteiger partial charge >= 0.3 is 6.97 Å². The van der Waals surface area contributed by atoms with Crippen LogP contribution in [0.15, 0.2) is 53.2 Å². The molecule has 7 heteroatoms. The molecular weight excluding hydrogens is 251 g/mol. The lowest BCUT2D eigenvalue weighted by atomic mass is 9.88. The van der Waals surface area contributed by atoms with Crippen molar-refractivity contribution in [3.05, 3.63) is 60.2 Å². The van der Waals surface area contributed by atoms with Crippen LogP contribution in [0, 0.1) is 0 Å². The van der Waals surface area contributed by atoms with Crippen LogP contribution in [-0.4, -0.2) is 27.1 Å². The van der Waals surface area contributed by atoms with Crippen molar-refractivity contribution in [3.63, 3.8) is 0 Å². The molecule has 0 aliphatic carbocycles. The lowest BCUT2D eigenvalue weighted by Gasteiger charge is -2.29. The maximum Gasteiger partial charge on any atom is 0.737 e. The zero-order valence-corrected chi connectivity index (χ0v) is 9.70. The molecule has 0 aromatic carbocycles. The Kier molecular flexibility index (Phi) is 1.83. The first-order valence-corrected chi connectivity index (χ1v) is 5.82. The highest BCUT2D eigenvalue weighted by Gasteiger charge is 2.51. The van der Waals surface area contributed by atoms with E-state index in [1.54, 1.807) is 24.3 Å². The van der Waals surface area contributed by atoms with Crippen LogP contribution in [0.5, 0.6) is 0 Å². The van der Waals surface area contributed by atoms with Gasteiger partial charge in [-0.25, -0.2) is 4.98 Å². The van der Waals surface area contributed by atoms with Crippen LogP contribution >= 0.6 is 0 Å². The third kappa shape index (κ3) is 1.21. The highest BCUT2D eigenvalue weighted by molar-refractivity contribution is 6.57. The molecule has 2 aliphatic heterocycles. The van der Waals surface area contributed by atoms with Crippen LogP contribution in [0.2, 0.25) is 0 Å². The first-order chi connectivity index (χ1) is 9.19. The van der Waals surface area contributed by atoms with Gasteiger partial charge in [0.15, 0.2) is 17.9 Å². The summed E-state index contributed by atoms with van der Waals surface area (Å²) in [5, 5.41) is 0. The maximum atomic E-state index is 14.4. The molecule has 0 N–H and O–H groups in total.